The van der Waals surface area contributed by atoms with Crippen LogP contribution in [0.2, 0.25) is 0 Å². The molecule has 0 bridgehead atoms. The predicted molar refractivity (Wildman–Crippen MR) is 64.3 cm³/mol. The van der Waals surface area contributed by atoms with Crippen molar-refractivity contribution < 1.29 is 9.53 Å². The van der Waals surface area contributed by atoms with Crippen molar-refractivity contribution >= 4 is 5.91 Å². The highest BCUT2D eigenvalue weighted by Crippen LogP contribution is 2.13. The molecule has 1 aromatic rings. The molecule has 16 heavy (non-hydrogen) atoms. The van der Waals surface area contributed by atoms with Crippen molar-refractivity contribution in [1.82, 2.24) is 5.32 Å². The molecule has 0 aliphatic rings. The van der Waals surface area contributed by atoms with Crippen molar-refractivity contribution in [3.05, 3.63) is 35.4 Å². The quantitative estimate of drug-likeness (QED) is 0.826. The molecule has 1 atom stereocenters. The molecule has 1 aromatic carbocycles. The Bertz CT molecular complexity index is 332. The van der Waals surface area contributed by atoms with Gasteiger partial charge in [0.1, 0.15) is 6.61 Å². The maximum Gasteiger partial charge on any atom is 0.246 e. The molecule has 1 amide bonds. The van der Waals surface area contributed by atoms with Crippen LogP contribution in [0.5, 0.6) is 0 Å². The van der Waals surface area contributed by atoms with Crippen LogP contribution in [0.3, 0.4) is 0 Å². The van der Waals surface area contributed by atoms with E-state index in [1.807, 2.05) is 6.92 Å². The minimum Gasteiger partial charge on any atom is -0.375 e. The summed E-state index contributed by atoms with van der Waals surface area (Å²) >= 11 is 0. The van der Waals surface area contributed by atoms with Gasteiger partial charge in [0.25, 0.3) is 0 Å². The Morgan fingerprint density at radius 2 is 2.00 bits per heavy atom. The molecule has 0 fully saturated rings. The smallest absolute Gasteiger partial charge is 0.246 e. The zero-order chi connectivity index (χ0) is 12.0. The zero-order valence-corrected chi connectivity index (χ0v) is 10.1. The molecule has 3 nitrogen and oxygen atoms in total. The summed E-state index contributed by atoms with van der Waals surface area (Å²) in [5.74, 6) is -0.0884. The second kappa shape index (κ2) is 6.28. The fourth-order valence-electron chi connectivity index (χ4n) is 1.54. The third-order valence-electron chi connectivity index (χ3n) is 2.54. The number of hydrogen-bond acceptors (Lipinski definition) is 2. The lowest BCUT2D eigenvalue weighted by Crippen LogP contribution is -2.29. The fourth-order valence-corrected chi connectivity index (χ4v) is 1.54. The van der Waals surface area contributed by atoms with Gasteiger partial charge in [0.2, 0.25) is 5.91 Å². The molecule has 0 aromatic heterocycles. The second-order valence-corrected chi connectivity index (χ2v) is 3.82. The van der Waals surface area contributed by atoms with Crippen molar-refractivity contribution in [1.29, 1.82) is 0 Å². The molecule has 0 saturated heterocycles. The largest absolute Gasteiger partial charge is 0.375 e. The van der Waals surface area contributed by atoms with Gasteiger partial charge in [-0.1, -0.05) is 31.2 Å². The van der Waals surface area contributed by atoms with Crippen molar-refractivity contribution in [3.63, 3.8) is 0 Å². The van der Waals surface area contributed by atoms with E-state index in [2.05, 4.69) is 36.5 Å². The summed E-state index contributed by atoms with van der Waals surface area (Å²) in [6, 6.07) is 8.31. The summed E-state index contributed by atoms with van der Waals surface area (Å²) in [7, 11) is 1.51. The topological polar surface area (TPSA) is 38.3 Å². The van der Waals surface area contributed by atoms with E-state index >= 15 is 0 Å². The molecule has 88 valence electrons. The molecule has 0 radical (unpaired) electrons. The molecule has 0 aliphatic heterocycles. The highest BCUT2D eigenvalue weighted by atomic mass is 16.5. The minimum absolute atomic E-state index is 0.0218. The maximum atomic E-state index is 11.3. The number of methoxy groups -OCH3 is 1. The Morgan fingerprint density at radius 1 is 1.38 bits per heavy atom. The van der Waals surface area contributed by atoms with Crippen LogP contribution < -0.4 is 5.32 Å². The standard InChI is InChI=1S/C13H19NO2/c1-4-11-5-7-12(8-6-11)10(2)14-13(15)9-16-3/h5-8,10H,4,9H2,1-3H3,(H,14,15). The molecule has 1 rings (SSSR count). The van der Waals surface area contributed by atoms with E-state index in [1.165, 1.54) is 12.7 Å². The highest BCUT2D eigenvalue weighted by molar-refractivity contribution is 5.77. The van der Waals surface area contributed by atoms with Gasteiger partial charge in [0.05, 0.1) is 6.04 Å². The van der Waals surface area contributed by atoms with Crippen LogP contribution in [-0.2, 0) is 16.0 Å². The summed E-state index contributed by atoms with van der Waals surface area (Å²) in [5, 5.41) is 2.87. The summed E-state index contributed by atoms with van der Waals surface area (Å²) in [5.41, 5.74) is 2.42. The van der Waals surface area contributed by atoms with Crippen molar-refractivity contribution in [2.45, 2.75) is 26.3 Å². The van der Waals surface area contributed by atoms with Crippen molar-refractivity contribution in [3.8, 4) is 0 Å². The number of ether oxygens (including phenoxy) is 1. The molecular formula is C13H19NO2. The van der Waals surface area contributed by atoms with E-state index in [-0.39, 0.29) is 18.6 Å². The molecule has 0 aliphatic carbocycles. The Kier molecular flexibility index (Phi) is 4.99. The van der Waals surface area contributed by atoms with E-state index in [0.29, 0.717) is 0 Å². The fraction of sp³-hybridized carbons (Fsp3) is 0.462. The lowest BCUT2D eigenvalue weighted by atomic mass is 10.1. The number of carbonyl (C=O) groups excluding carboxylic acids is 1. The number of carbonyl (C=O) groups is 1. The lowest BCUT2D eigenvalue weighted by Gasteiger charge is -2.14. The van der Waals surface area contributed by atoms with Gasteiger partial charge in [-0.2, -0.15) is 0 Å². The summed E-state index contributed by atoms with van der Waals surface area (Å²) in [4.78, 5) is 11.3. The number of aryl methyl sites for hydroxylation is 1. The monoisotopic (exact) mass is 221 g/mol. The summed E-state index contributed by atoms with van der Waals surface area (Å²) in [6.45, 7) is 4.20. The van der Waals surface area contributed by atoms with Crippen LogP contribution >= 0.6 is 0 Å². The number of rotatable bonds is 5. The Morgan fingerprint density at radius 3 is 2.50 bits per heavy atom. The third-order valence-corrected chi connectivity index (χ3v) is 2.54. The van der Waals surface area contributed by atoms with E-state index < -0.39 is 0 Å². The summed E-state index contributed by atoms with van der Waals surface area (Å²) in [6.07, 6.45) is 1.03. The van der Waals surface area contributed by atoms with E-state index in [1.54, 1.807) is 0 Å². The molecule has 0 heterocycles. The first-order chi connectivity index (χ1) is 7.67. The molecule has 1 N–H and O–H groups in total. The van der Waals surface area contributed by atoms with Gasteiger partial charge >= 0.3 is 0 Å². The second-order valence-electron chi connectivity index (χ2n) is 3.82. The van der Waals surface area contributed by atoms with Crippen LogP contribution in [-0.4, -0.2) is 19.6 Å². The molecule has 1 unspecified atom stereocenters. The van der Waals surface area contributed by atoms with Gasteiger partial charge in [0, 0.05) is 7.11 Å². The Balaban J connectivity index is 2.58. The molecule has 3 heteroatoms. The van der Waals surface area contributed by atoms with Gasteiger partial charge in [-0.25, -0.2) is 0 Å². The molecule has 0 spiro atoms. The lowest BCUT2D eigenvalue weighted by molar-refractivity contribution is -0.125. The normalized spacial score (nSPS) is 12.2. The van der Waals surface area contributed by atoms with Crippen molar-refractivity contribution in [2.75, 3.05) is 13.7 Å². The van der Waals surface area contributed by atoms with Gasteiger partial charge in [0.15, 0.2) is 0 Å². The van der Waals surface area contributed by atoms with E-state index in [9.17, 15) is 4.79 Å². The number of amides is 1. The predicted octanol–water partition coefficient (Wildman–Crippen LogP) is 2.07. The first-order valence-corrected chi connectivity index (χ1v) is 5.54. The van der Waals surface area contributed by atoms with E-state index in [0.717, 1.165) is 12.0 Å². The summed E-state index contributed by atoms with van der Waals surface area (Å²) < 4.78 is 4.76. The highest BCUT2D eigenvalue weighted by Gasteiger charge is 2.08. The zero-order valence-electron chi connectivity index (χ0n) is 10.1. The van der Waals surface area contributed by atoms with Gasteiger partial charge in [-0.3, -0.25) is 4.79 Å². The van der Waals surface area contributed by atoms with Crippen molar-refractivity contribution in [2.24, 2.45) is 0 Å². The van der Waals surface area contributed by atoms with Crippen LogP contribution in [0.15, 0.2) is 24.3 Å². The SMILES string of the molecule is CCc1ccc(C(C)NC(=O)COC)cc1. The first kappa shape index (κ1) is 12.7. The Labute approximate surface area is 96.8 Å². The van der Waals surface area contributed by atoms with Crippen LogP contribution in [0.4, 0.5) is 0 Å². The average Bonchev–Trinajstić information content (AvgIpc) is 2.29. The maximum absolute atomic E-state index is 11.3. The number of benzene rings is 1. The van der Waals surface area contributed by atoms with E-state index in [4.69, 9.17) is 4.74 Å². The molecular weight excluding hydrogens is 202 g/mol. The number of nitrogens with one attached hydrogen (secondary N) is 1. The third kappa shape index (κ3) is 3.66. The van der Waals surface area contributed by atoms with Crippen LogP contribution in [0.1, 0.15) is 31.0 Å². The van der Waals surface area contributed by atoms with Gasteiger partial charge < -0.3 is 10.1 Å². The minimum atomic E-state index is -0.0884. The van der Waals surface area contributed by atoms with Gasteiger partial charge in [-0.05, 0) is 24.5 Å². The Hall–Kier alpha value is -1.35. The first-order valence-electron chi connectivity index (χ1n) is 5.54. The average molecular weight is 221 g/mol. The number of hydrogen-bond donors (Lipinski definition) is 1. The van der Waals surface area contributed by atoms with Gasteiger partial charge in [-0.15, -0.1) is 0 Å². The van der Waals surface area contributed by atoms with Crippen LogP contribution in [0, 0.1) is 0 Å². The van der Waals surface area contributed by atoms with Crippen LogP contribution in [0.25, 0.3) is 0 Å². The molecule has 0 saturated carbocycles.